The van der Waals surface area contributed by atoms with E-state index in [9.17, 15) is 14.4 Å². The molecular formula is C22H19N3O3S. The van der Waals surface area contributed by atoms with Crippen LogP contribution in [0.15, 0.2) is 71.4 Å². The first-order valence-electron chi connectivity index (χ1n) is 9.10. The Bertz CT molecular complexity index is 1070. The van der Waals surface area contributed by atoms with Crippen LogP contribution in [-0.4, -0.2) is 29.3 Å². The number of urea groups is 1. The molecule has 146 valence electrons. The quantitative estimate of drug-likeness (QED) is 0.634. The van der Waals surface area contributed by atoms with Gasteiger partial charge < -0.3 is 10.6 Å². The van der Waals surface area contributed by atoms with E-state index in [0.29, 0.717) is 11.3 Å². The lowest BCUT2D eigenvalue weighted by atomic mass is 9.95. The number of hydrogen-bond acceptors (Lipinski definition) is 4. The molecule has 1 atom stereocenters. The van der Waals surface area contributed by atoms with E-state index in [2.05, 4.69) is 10.6 Å². The lowest BCUT2D eigenvalue weighted by Crippen LogP contribution is -2.41. The molecule has 2 N–H and O–H groups in total. The highest BCUT2D eigenvalue weighted by Gasteiger charge is 2.49. The molecule has 0 spiro atoms. The lowest BCUT2D eigenvalue weighted by Gasteiger charge is -2.20. The van der Waals surface area contributed by atoms with Crippen LogP contribution in [-0.2, 0) is 15.1 Å². The number of para-hydroxylation sites is 1. The molecule has 1 fully saturated rings. The molecule has 2 aromatic carbocycles. The van der Waals surface area contributed by atoms with Crippen LogP contribution >= 0.6 is 11.3 Å². The zero-order valence-corrected chi connectivity index (χ0v) is 16.5. The summed E-state index contributed by atoms with van der Waals surface area (Å²) < 4.78 is 0. The number of rotatable bonds is 5. The molecule has 29 heavy (non-hydrogen) atoms. The van der Waals surface area contributed by atoms with Crippen LogP contribution in [0.1, 0.15) is 12.5 Å². The first kappa shape index (κ1) is 18.9. The second-order valence-electron chi connectivity index (χ2n) is 6.92. The molecular weight excluding hydrogens is 386 g/mol. The lowest BCUT2D eigenvalue weighted by molar-refractivity contribution is -0.133. The fraction of sp³-hybridized carbons (Fsp3) is 0.136. The van der Waals surface area contributed by atoms with Gasteiger partial charge in [0.2, 0.25) is 5.91 Å². The van der Waals surface area contributed by atoms with Crippen molar-refractivity contribution in [3.63, 3.8) is 0 Å². The predicted octanol–water partition coefficient (Wildman–Crippen LogP) is 3.82. The van der Waals surface area contributed by atoms with Gasteiger partial charge in [0.25, 0.3) is 5.91 Å². The van der Waals surface area contributed by atoms with Crippen molar-refractivity contribution >= 4 is 34.9 Å². The number of imide groups is 1. The molecule has 0 bridgehead atoms. The third kappa shape index (κ3) is 3.52. The first-order valence-corrected chi connectivity index (χ1v) is 10.0. The Morgan fingerprint density at radius 1 is 1.07 bits per heavy atom. The predicted molar refractivity (Wildman–Crippen MR) is 112 cm³/mol. The van der Waals surface area contributed by atoms with Crippen LogP contribution in [0.2, 0.25) is 0 Å². The third-order valence-corrected chi connectivity index (χ3v) is 5.64. The van der Waals surface area contributed by atoms with Crippen LogP contribution in [0.25, 0.3) is 11.1 Å². The summed E-state index contributed by atoms with van der Waals surface area (Å²) in [5.41, 5.74) is 2.00. The average molecular weight is 405 g/mol. The molecule has 4 amide bonds. The molecule has 0 radical (unpaired) electrons. The van der Waals surface area contributed by atoms with E-state index >= 15 is 0 Å². The van der Waals surface area contributed by atoms with Gasteiger partial charge in [-0.15, -0.1) is 0 Å². The third-order valence-electron chi connectivity index (χ3n) is 4.96. The molecule has 2 heterocycles. The van der Waals surface area contributed by atoms with Crippen molar-refractivity contribution in [1.82, 2.24) is 10.2 Å². The average Bonchev–Trinajstić information content (AvgIpc) is 3.34. The number of carbonyl (C=O) groups excluding carboxylic acids is 3. The highest BCUT2D eigenvalue weighted by atomic mass is 32.1. The fourth-order valence-corrected chi connectivity index (χ4v) is 4.14. The Hall–Kier alpha value is -3.45. The first-order chi connectivity index (χ1) is 14.0. The zero-order chi connectivity index (χ0) is 20.4. The van der Waals surface area contributed by atoms with Gasteiger partial charge in [-0.2, -0.15) is 11.3 Å². The number of carbonyl (C=O) groups is 3. The van der Waals surface area contributed by atoms with Crippen molar-refractivity contribution in [2.24, 2.45) is 0 Å². The van der Waals surface area contributed by atoms with Crippen molar-refractivity contribution in [1.29, 1.82) is 0 Å². The molecule has 1 unspecified atom stereocenters. The van der Waals surface area contributed by atoms with E-state index < -0.39 is 23.4 Å². The monoisotopic (exact) mass is 405 g/mol. The summed E-state index contributed by atoms with van der Waals surface area (Å²) >= 11 is 1.44. The normalized spacial score (nSPS) is 18.6. The van der Waals surface area contributed by atoms with Crippen LogP contribution in [0.5, 0.6) is 0 Å². The molecule has 1 aromatic heterocycles. The van der Waals surface area contributed by atoms with E-state index in [4.69, 9.17) is 0 Å². The maximum absolute atomic E-state index is 12.9. The smallest absolute Gasteiger partial charge is 0.324 e. The maximum atomic E-state index is 12.9. The largest absolute Gasteiger partial charge is 0.325 e. The van der Waals surface area contributed by atoms with Crippen LogP contribution in [0, 0.1) is 0 Å². The molecule has 4 rings (SSSR count). The molecule has 6 nitrogen and oxygen atoms in total. The van der Waals surface area contributed by atoms with Crippen molar-refractivity contribution < 1.29 is 14.4 Å². The van der Waals surface area contributed by atoms with Gasteiger partial charge in [-0.25, -0.2) is 4.79 Å². The van der Waals surface area contributed by atoms with Gasteiger partial charge >= 0.3 is 6.03 Å². The summed E-state index contributed by atoms with van der Waals surface area (Å²) in [6.45, 7) is 1.30. The molecule has 0 aliphatic carbocycles. The fourth-order valence-electron chi connectivity index (χ4n) is 3.38. The second-order valence-corrected chi connectivity index (χ2v) is 7.70. The number of amides is 4. The molecule has 1 aliphatic heterocycles. The van der Waals surface area contributed by atoms with Gasteiger partial charge in [-0.05, 0) is 40.9 Å². The van der Waals surface area contributed by atoms with Gasteiger partial charge in [0.05, 0.1) is 0 Å². The Kier molecular flexibility index (Phi) is 4.90. The Labute approximate surface area is 172 Å². The number of nitrogens with zero attached hydrogens (tertiary/aromatic N) is 1. The molecule has 7 heteroatoms. The minimum absolute atomic E-state index is 0.354. The number of hydrogen-bond donors (Lipinski definition) is 2. The minimum Gasteiger partial charge on any atom is -0.324 e. The van der Waals surface area contributed by atoms with Crippen molar-refractivity contribution in [3.05, 3.63) is 77.0 Å². The van der Waals surface area contributed by atoms with Crippen molar-refractivity contribution in [3.8, 4) is 11.1 Å². The Balaban J connectivity index is 1.52. The van der Waals surface area contributed by atoms with E-state index in [-0.39, 0.29) is 6.54 Å². The van der Waals surface area contributed by atoms with Gasteiger partial charge in [0, 0.05) is 11.3 Å². The summed E-state index contributed by atoms with van der Waals surface area (Å²) in [4.78, 5) is 38.9. The van der Waals surface area contributed by atoms with E-state index in [1.165, 1.54) is 11.3 Å². The SMILES string of the molecule is CC1(c2ccsc2)NC(=O)N(CC(=O)Nc2ccccc2-c2ccccc2)C1=O. The number of nitrogens with one attached hydrogen (secondary N) is 2. The summed E-state index contributed by atoms with van der Waals surface area (Å²) in [5.74, 6) is -0.876. The summed E-state index contributed by atoms with van der Waals surface area (Å²) in [6.07, 6.45) is 0. The molecule has 0 saturated carbocycles. The Morgan fingerprint density at radius 2 is 1.79 bits per heavy atom. The molecule has 1 saturated heterocycles. The Morgan fingerprint density at radius 3 is 2.52 bits per heavy atom. The van der Waals surface area contributed by atoms with Crippen LogP contribution in [0.3, 0.4) is 0 Å². The molecule has 3 aromatic rings. The summed E-state index contributed by atoms with van der Waals surface area (Å²) in [6, 6.07) is 18.3. The topological polar surface area (TPSA) is 78.5 Å². The van der Waals surface area contributed by atoms with E-state index in [1.807, 2.05) is 59.3 Å². The van der Waals surface area contributed by atoms with Gasteiger partial charge in [-0.3, -0.25) is 14.5 Å². The molecule has 1 aliphatic rings. The van der Waals surface area contributed by atoms with Crippen LogP contribution in [0.4, 0.5) is 10.5 Å². The zero-order valence-electron chi connectivity index (χ0n) is 15.7. The van der Waals surface area contributed by atoms with Crippen molar-refractivity contribution in [2.45, 2.75) is 12.5 Å². The number of thiophene rings is 1. The van der Waals surface area contributed by atoms with E-state index in [1.54, 1.807) is 19.1 Å². The standard InChI is InChI=1S/C22H19N3O3S/c1-22(16-11-12-29-14-16)20(27)25(21(28)24-22)13-19(26)23-18-10-6-5-9-17(18)15-7-3-2-4-8-15/h2-12,14H,13H2,1H3,(H,23,26)(H,24,28). The number of anilines is 1. The van der Waals surface area contributed by atoms with E-state index in [0.717, 1.165) is 16.0 Å². The summed E-state index contributed by atoms with van der Waals surface area (Å²) in [5, 5.41) is 9.19. The highest BCUT2D eigenvalue weighted by Crippen LogP contribution is 2.31. The highest BCUT2D eigenvalue weighted by molar-refractivity contribution is 7.08. The summed E-state index contributed by atoms with van der Waals surface area (Å²) in [7, 11) is 0. The minimum atomic E-state index is -1.15. The van der Waals surface area contributed by atoms with Gasteiger partial charge in [0.1, 0.15) is 12.1 Å². The van der Waals surface area contributed by atoms with Crippen molar-refractivity contribution in [2.75, 3.05) is 11.9 Å². The second kappa shape index (κ2) is 7.52. The maximum Gasteiger partial charge on any atom is 0.325 e. The van der Waals surface area contributed by atoms with Gasteiger partial charge in [0.15, 0.2) is 0 Å². The van der Waals surface area contributed by atoms with Gasteiger partial charge in [-0.1, -0.05) is 48.5 Å². The number of benzene rings is 2. The van der Waals surface area contributed by atoms with Crippen LogP contribution < -0.4 is 10.6 Å².